The fourth-order valence-corrected chi connectivity index (χ4v) is 3.87. The summed E-state index contributed by atoms with van der Waals surface area (Å²) >= 11 is 0. The highest BCUT2D eigenvalue weighted by Gasteiger charge is 2.25. The number of amides is 1. The van der Waals surface area contributed by atoms with E-state index in [9.17, 15) is 13.2 Å². The lowest BCUT2D eigenvalue weighted by Gasteiger charge is -2.32. The normalized spacial score (nSPS) is 17.3. The molecule has 1 fully saturated rings. The van der Waals surface area contributed by atoms with Crippen LogP contribution in [0.15, 0.2) is 12.5 Å². The van der Waals surface area contributed by atoms with Crippen LogP contribution in [0.4, 0.5) is 10.6 Å². The van der Waals surface area contributed by atoms with Crippen LogP contribution >= 0.6 is 0 Å². The molecule has 1 atom stereocenters. The van der Waals surface area contributed by atoms with Crippen molar-refractivity contribution in [2.24, 2.45) is 0 Å². The number of likely N-dealkylation sites (tertiary alicyclic amines) is 1. The van der Waals surface area contributed by atoms with Crippen molar-refractivity contribution in [3.63, 3.8) is 0 Å². The van der Waals surface area contributed by atoms with E-state index in [1.807, 2.05) is 0 Å². The number of piperidine rings is 1. The van der Waals surface area contributed by atoms with E-state index in [1.165, 1.54) is 6.33 Å². The number of nitrogens with zero attached hydrogens (tertiary/aromatic N) is 3. The van der Waals surface area contributed by atoms with Crippen molar-refractivity contribution in [3.8, 4) is 0 Å². The topological polar surface area (TPSA) is 127 Å². The van der Waals surface area contributed by atoms with Gasteiger partial charge >= 0.3 is 6.09 Å². The number of H-pyrrole nitrogens is 1. The predicted octanol–water partition coefficient (Wildman–Crippen LogP) is 2.29. The zero-order valence-corrected chi connectivity index (χ0v) is 18.2. The minimum Gasteiger partial charge on any atom is -0.449 e. The number of ether oxygens (including phenoxy) is 1. The first-order valence-corrected chi connectivity index (χ1v) is 12.0. The minimum absolute atomic E-state index is 0.0330. The summed E-state index contributed by atoms with van der Waals surface area (Å²) in [6.07, 6.45) is 8.03. The Hall–Kier alpha value is -2.40. The maximum Gasteiger partial charge on any atom is 0.409 e. The lowest BCUT2D eigenvalue weighted by Crippen LogP contribution is -2.45. The van der Waals surface area contributed by atoms with Gasteiger partial charge in [0.05, 0.1) is 24.9 Å². The van der Waals surface area contributed by atoms with Crippen molar-refractivity contribution < 1.29 is 22.1 Å². The maximum atomic E-state index is 12.3. The quantitative estimate of drug-likeness (QED) is 0.450. The number of nitrogens with one attached hydrogen (secondary N) is 2. The highest BCUT2D eigenvalue weighted by atomic mass is 32.2. The predicted molar refractivity (Wildman–Crippen MR) is 113 cm³/mol. The summed E-state index contributed by atoms with van der Waals surface area (Å²) in [5.41, 5.74) is 1.52. The van der Waals surface area contributed by atoms with Crippen molar-refractivity contribution in [1.82, 2.24) is 19.9 Å². The molecule has 0 aliphatic carbocycles. The van der Waals surface area contributed by atoms with Gasteiger partial charge in [-0.2, -0.15) is 8.42 Å². The van der Waals surface area contributed by atoms with Crippen LogP contribution in [-0.2, 0) is 25.5 Å². The van der Waals surface area contributed by atoms with Crippen LogP contribution in [0, 0.1) is 0 Å². The molecule has 0 radical (unpaired) electrons. The van der Waals surface area contributed by atoms with Crippen LogP contribution in [0.25, 0.3) is 11.0 Å². The average Bonchev–Trinajstić information content (AvgIpc) is 3.11. The standard InChI is InChI=1S/C19H29N5O5S/c1-3-4-9-28-19(25)24-8-5-6-15(12-24)23-18-16-14(7-10-29-30(2,26)27)11-20-17(16)21-13-22-18/h11,13,15H,3-10,12H2,1-2H3,(H2,20,21,22,23). The Labute approximate surface area is 176 Å². The number of hydrogen-bond acceptors (Lipinski definition) is 8. The van der Waals surface area contributed by atoms with Gasteiger partial charge in [-0.25, -0.2) is 14.8 Å². The first-order chi connectivity index (χ1) is 14.4. The van der Waals surface area contributed by atoms with Crippen molar-refractivity contribution >= 4 is 33.1 Å². The molecule has 1 aliphatic rings. The number of anilines is 1. The van der Waals surface area contributed by atoms with Gasteiger partial charge in [0, 0.05) is 25.3 Å². The number of aromatic nitrogens is 3. The average molecular weight is 440 g/mol. The van der Waals surface area contributed by atoms with E-state index in [-0.39, 0.29) is 18.7 Å². The van der Waals surface area contributed by atoms with Gasteiger partial charge in [-0.1, -0.05) is 13.3 Å². The molecule has 1 unspecified atom stereocenters. The van der Waals surface area contributed by atoms with E-state index in [2.05, 4.69) is 27.2 Å². The molecule has 1 amide bonds. The Kier molecular flexibility index (Phi) is 7.48. The van der Waals surface area contributed by atoms with Crippen LogP contribution in [0.3, 0.4) is 0 Å². The van der Waals surface area contributed by atoms with E-state index in [1.54, 1.807) is 11.1 Å². The monoisotopic (exact) mass is 439 g/mol. The number of carbonyl (C=O) groups is 1. The Balaban J connectivity index is 1.67. The molecule has 2 N–H and O–H groups in total. The second kappa shape index (κ2) is 10.1. The summed E-state index contributed by atoms with van der Waals surface area (Å²) < 4.78 is 32.6. The molecule has 0 spiro atoms. The van der Waals surface area contributed by atoms with Gasteiger partial charge in [0.1, 0.15) is 17.8 Å². The minimum atomic E-state index is -3.49. The van der Waals surface area contributed by atoms with Gasteiger partial charge in [0.2, 0.25) is 0 Å². The summed E-state index contributed by atoms with van der Waals surface area (Å²) in [5.74, 6) is 0.654. The van der Waals surface area contributed by atoms with Crippen molar-refractivity contribution in [2.45, 2.75) is 45.1 Å². The summed E-state index contributed by atoms with van der Waals surface area (Å²) in [4.78, 5) is 25.7. The molecule has 1 saturated heterocycles. The number of unbranched alkanes of at least 4 members (excludes halogenated alkanes) is 1. The molecule has 1 aliphatic heterocycles. The number of hydrogen-bond donors (Lipinski definition) is 2. The van der Waals surface area contributed by atoms with Gasteiger partial charge in [-0.05, 0) is 31.2 Å². The largest absolute Gasteiger partial charge is 0.449 e. The number of rotatable bonds is 9. The summed E-state index contributed by atoms with van der Waals surface area (Å²) in [6.45, 7) is 3.76. The third-order valence-electron chi connectivity index (χ3n) is 4.96. The van der Waals surface area contributed by atoms with Crippen LogP contribution in [0.5, 0.6) is 0 Å². The van der Waals surface area contributed by atoms with E-state index in [0.717, 1.165) is 42.9 Å². The van der Waals surface area contributed by atoms with E-state index < -0.39 is 10.1 Å². The Bertz CT molecular complexity index is 961. The van der Waals surface area contributed by atoms with Gasteiger partial charge in [0.25, 0.3) is 10.1 Å². The number of aromatic amines is 1. The zero-order chi connectivity index (χ0) is 21.6. The zero-order valence-electron chi connectivity index (χ0n) is 17.4. The molecule has 0 aromatic carbocycles. The van der Waals surface area contributed by atoms with Crippen LogP contribution < -0.4 is 5.32 Å². The molecule has 11 heteroatoms. The molecule has 30 heavy (non-hydrogen) atoms. The lowest BCUT2D eigenvalue weighted by atomic mass is 10.1. The maximum absolute atomic E-state index is 12.3. The molecular formula is C19H29N5O5S. The second-order valence-corrected chi connectivity index (χ2v) is 9.08. The smallest absolute Gasteiger partial charge is 0.409 e. The lowest BCUT2D eigenvalue weighted by molar-refractivity contribution is 0.0920. The molecule has 0 bridgehead atoms. The second-order valence-electron chi connectivity index (χ2n) is 7.43. The fraction of sp³-hybridized carbons (Fsp3) is 0.632. The number of carbonyl (C=O) groups excluding carboxylic acids is 1. The van der Waals surface area contributed by atoms with Crippen LogP contribution in [0.1, 0.15) is 38.2 Å². The molecule has 2 aromatic heterocycles. The van der Waals surface area contributed by atoms with Gasteiger partial charge in [0.15, 0.2) is 0 Å². The summed E-state index contributed by atoms with van der Waals surface area (Å²) in [7, 11) is -3.49. The first-order valence-electron chi connectivity index (χ1n) is 10.2. The van der Waals surface area contributed by atoms with Gasteiger partial charge < -0.3 is 19.9 Å². The summed E-state index contributed by atoms with van der Waals surface area (Å²) in [6, 6.07) is 0.0330. The summed E-state index contributed by atoms with van der Waals surface area (Å²) in [5, 5.41) is 4.23. The van der Waals surface area contributed by atoms with Crippen molar-refractivity contribution in [1.29, 1.82) is 0 Å². The molecule has 3 rings (SSSR count). The van der Waals surface area contributed by atoms with E-state index in [4.69, 9.17) is 8.92 Å². The van der Waals surface area contributed by atoms with Gasteiger partial charge in [-0.3, -0.25) is 4.18 Å². The highest BCUT2D eigenvalue weighted by Crippen LogP contribution is 2.26. The molecule has 10 nitrogen and oxygen atoms in total. The van der Waals surface area contributed by atoms with E-state index >= 15 is 0 Å². The van der Waals surface area contributed by atoms with Crippen molar-refractivity contribution in [3.05, 3.63) is 18.1 Å². The Morgan fingerprint density at radius 1 is 1.37 bits per heavy atom. The highest BCUT2D eigenvalue weighted by molar-refractivity contribution is 7.85. The Morgan fingerprint density at radius 3 is 2.97 bits per heavy atom. The van der Waals surface area contributed by atoms with Crippen LogP contribution in [0.2, 0.25) is 0 Å². The molecule has 0 saturated carbocycles. The molecular weight excluding hydrogens is 410 g/mol. The third-order valence-corrected chi connectivity index (χ3v) is 5.56. The SMILES string of the molecule is CCCCOC(=O)N1CCCC(Nc2ncnc3[nH]cc(CCOS(C)(=O)=O)c23)C1. The van der Waals surface area contributed by atoms with E-state index in [0.29, 0.717) is 37.6 Å². The molecule has 3 heterocycles. The third kappa shape index (κ3) is 6.05. The fourth-order valence-electron chi connectivity index (χ4n) is 3.49. The molecule has 2 aromatic rings. The number of fused-ring (bicyclic) bond motifs is 1. The Morgan fingerprint density at radius 2 is 2.20 bits per heavy atom. The molecule has 166 valence electrons. The first kappa shape index (κ1) is 22.3. The van der Waals surface area contributed by atoms with Crippen LogP contribution in [-0.4, -0.2) is 73.0 Å². The van der Waals surface area contributed by atoms with Gasteiger partial charge in [-0.15, -0.1) is 0 Å². The van der Waals surface area contributed by atoms with Crippen molar-refractivity contribution in [2.75, 3.05) is 37.9 Å².